The van der Waals surface area contributed by atoms with E-state index in [2.05, 4.69) is 20.8 Å². The zero-order valence-electron chi connectivity index (χ0n) is 15.8. The average Bonchev–Trinajstić information content (AvgIpc) is 2.86. The number of fused-ring (bicyclic) bond motifs is 5. The molecule has 0 aromatic rings. The molecule has 1 N–H and O–H groups in total. The van der Waals surface area contributed by atoms with Crippen LogP contribution >= 0.6 is 0 Å². The van der Waals surface area contributed by atoms with Crippen LogP contribution < -0.4 is 0 Å². The van der Waals surface area contributed by atoms with Gasteiger partial charge in [-0.05, 0) is 92.4 Å². The van der Waals surface area contributed by atoms with Gasteiger partial charge in [-0.25, -0.2) is 0 Å². The lowest BCUT2D eigenvalue weighted by Gasteiger charge is -2.58. The molecule has 0 saturated heterocycles. The fraction of sp³-hybridized carbons (Fsp3) is 0.864. The summed E-state index contributed by atoms with van der Waals surface area (Å²) in [6, 6.07) is 0. The van der Waals surface area contributed by atoms with Crippen molar-refractivity contribution in [3.05, 3.63) is 11.6 Å². The van der Waals surface area contributed by atoms with E-state index in [1.807, 2.05) is 13.0 Å². The minimum absolute atomic E-state index is 0.168. The first kappa shape index (κ1) is 16.8. The van der Waals surface area contributed by atoms with E-state index >= 15 is 0 Å². The van der Waals surface area contributed by atoms with Crippen LogP contribution in [0.2, 0.25) is 0 Å². The lowest BCUT2D eigenvalue weighted by atomic mass is 9.46. The fourth-order valence-electron chi connectivity index (χ4n) is 7.73. The van der Waals surface area contributed by atoms with Crippen LogP contribution in [0, 0.1) is 40.4 Å². The van der Waals surface area contributed by atoms with E-state index in [1.165, 1.54) is 37.7 Å². The quantitative estimate of drug-likeness (QED) is 0.752. The fourth-order valence-corrected chi connectivity index (χ4v) is 7.73. The van der Waals surface area contributed by atoms with E-state index in [1.54, 1.807) is 0 Å². The number of aliphatic hydroxyl groups excluding tert-OH is 1. The largest absolute Gasteiger partial charge is 0.393 e. The maximum Gasteiger partial charge on any atom is 0.158 e. The molecule has 0 aromatic carbocycles. The summed E-state index contributed by atoms with van der Waals surface area (Å²) in [7, 11) is 0. The Balaban J connectivity index is 1.67. The molecule has 0 aromatic heterocycles. The SMILES string of the molecule is CC1C[C@@]2(C)C(=CC1=O)CC[C@H]1[C@@H]3CC[C@H](C(C)O)[C@@]3(C)CC[C@@H]12. The molecule has 134 valence electrons. The normalized spacial score (nSPS) is 52.1. The summed E-state index contributed by atoms with van der Waals surface area (Å²) in [5.41, 5.74) is 2.05. The summed E-state index contributed by atoms with van der Waals surface area (Å²) < 4.78 is 0. The van der Waals surface area contributed by atoms with Crippen molar-refractivity contribution in [2.45, 2.75) is 78.7 Å². The molecule has 4 rings (SSSR count). The summed E-state index contributed by atoms with van der Waals surface area (Å²) >= 11 is 0. The highest BCUT2D eigenvalue weighted by molar-refractivity contribution is 5.93. The van der Waals surface area contributed by atoms with Crippen LogP contribution in [0.1, 0.15) is 72.6 Å². The van der Waals surface area contributed by atoms with Crippen LogP contribution in [-0.2, 0) is 4.79 Å². The predicted molar refractivity (Wildman–Crippen MR) is 96.4 cm³/mol. The van der Waals surface area contributed by atoms with E-state index in [0.717, 1.165) is 30.6 Å². The molecule has 0 bridgehead atoms. The van der Waals surface area contributed by atoms with E-state index in [0.29, 0.717) is 17.1 Å². The van der Waals surface area contributed by atoms with Crippen molar-refractivity contribution in [1.82, 2.24) is 0 Å². The summed E-state index contributed by atoms with van der Waals surface area (Å²) in [6.07, 6.45) is 10.4. The van der Waals surface area contributed by atoms with E-state index < -0.39 is 0 Å². The Hall–Kier alpha value is -0.630. The zero-order chi connectivity index (χ0) is 17.3. The Morgan fingerprint density at radius 2 is 1.92 bits per heavy atom. The van der Waals surface area contributed by atoms with Crippen LogP contribution in [0.4, 0.5) is 0 Å². The Morgan fingerprint density at radius 1 is 1.17 bits per heavy atom. The van der Waals surface area contributed by atoms with Crippen molar-refractivity contribution in [2.24, 2.45) is 40.4 Å². The van der Waals surface area contributed by atoms with Gasteiger partial charge in [-0.2, -0.15) is 0 Å². The van der Waals surface area contributed by atoms with Gasteiger partial charge in [0.2, 0.25) is 0 Å². The van der Waals surface area contributed by atoms with Crippen LogP contribution in [0.3, 0.4) is 0 Å². The second kappa shape index (κ2) is 5.43. The molecule has 2 unspecified atom stereocenters. The van der Waals surface area contributed by atoms with E-state index in [4.69, 9.17) is 0 Å². The molecule has 4 aliphatic rings. The summed E-state index contributed by atoms with van der Waals surface area (Å²) in [5, 5.41) is 10.3. The van der Waals surface area contributed by atoms with Crippen molar-refractivity contribution in [2.75, 3.05) is 0 Å². The molecule has 0 radical (unpaired) electrons. The number of carbonyl (C=O) groups is 1. The number of aliphatic hydroxyl groups is 1. The van der Waals surface area contributed by atoms with Gasteiger partial charge in [0.1, 0.15) is 0 Å². The molecule has 8 atom stereocenters. The molecule has 2 heteroatoms. The second-order valence-electron chi connectivity index (χ2n) is 9.98. The summed E-state index contributed by atoms with van der Waals surface area (Å²) in [4.78, 5) is 12.2. The first-order chi connectivity index (χ1) is 11.3. The molecule has 3 fully saturated rings. The second-order valence-corrected chi connectivity index (χ2v) is 9.98. The van der Waals surface area contributed by atoms with Crippen molar-refractivity contribution in [3.8, 4) is 0 Å². The molecule has 0 amide bonds. The highest BCUT2D eigenvalue weighted by atomic mass is 16.3. The third kappa shape index (κ3) is 2.14. The van der Waals surface area contributed by atoms with Crippen molar-refractivity contribution in [1.29, 1.82) is 0 Å². The molecule has 4 aliphatic carbocycles. The first-order valence-electron chi connectivity index (χ1n) is 10.2. The maximum absolute atomic E-state index is 12.2. The Labute approximate surface area is 147 Å². The molecule has 0 heterocycles. The van der Waals surface area contributed by atoms with E-state index in [9.17, 15) is 9.90 Å². The van der Waals surface area contributed by atoms with Gasteiger partial charge in [0.25, 0.3) is 0 Å². The monoisotopic (exact) mass is 330 g/mol. The van der Waals surface area contributed by atoms with Crippen LogP contribution in [0.15, 0.2) is 11.6 Å². The topological polar surface area (TPSA) is 37.3 Å². The Bertz CT molecular complexity index is 577. The predicted octanol–water partition coefficient (Wildman–Crippen LogP) is 4.76. The summed E-state index contributed by atoms with van der Waals surface area (Å²) in [6.45, 7) is 9.06. The van der Waals surface area contributed by atoms with Crippen LogP contribution in [0.5, 0.6) is 0 Å². The molecule has 24 heavy (non-hydrogen) atoms. The lowest BCUT2D eigenvalue weighted by Crippen LogP contribution is -2.52. The number of carbonyl (C=O) groups excluding carboxylic acids is 1. The van der Waals surface area contributed by atoms with Gasteiger partial charge >= 0.3 is 0 Å². The highest BCUT2D eigenvalue weighted by Gasteiger charge is 2.59. The molecular weight excluding hydrogens is 296 g/mol. The van der Waals surface area contributed by atoms with Gasteiger partial charge in [0.05, 0.1) is 6.10 Å². The minimum atomic E-state index is -0.168. The summed E-state index contributed by atoms with van der Waals surface area (Å²) in [5.74, 6) is 3.37. The lowest BCUT2D eigenvalue weighted by molar-refractivity contribution is -0.122. The van der Waals surface area contributed by atoms with Gasteiger partial charge in [-0.15, -0.1) is 0 Å². The molecule has 0 aliphatic heterocycles. The van der Waals surface area contributed by atoms with Gasteiger partial charge in [-0.1, -0.05) is 26.3 Å². The number of hydrogen-bond donors (Lipinski definition) is 1. The van der Waals surface area contributed by atoms with Crippen molar-refractivity contribution >= 4 is 5.78 Å². The number of allylic oxidation sites excluding steroid dienone is 1. The molecular formula is C22H34O2. The van der Waals surface area contributed by atoms with Crippen molar-refractivity contribution < 1.29 is 9.90 Å². The third-order valence-corrected chi connectivity index (χ3v) is 8.92. The maximum atomic E-state index is 12.2. The van der Waals surface area contributed by atoms with Crippen LogP contribution in [0.25, 0.3) is 0 Å². The Kier molecular flexibility index (Phi) is 3.81. The molecule has 3 saturated carbocycles. The number of rotatable bonds is 1. The smallest absolute Gasteiger partial charge is 0.158 e. The number of ketones is 1. The van der Waals surface area contributed by atoms with Gasteiger partial charge in [0, 0.05) is 5.92 Å². The zero-order valence-corrected chi connectivity index (χ0v) is 15.8. The standard InChI is InChI=1S/C22H34O2/c1-13-12-22(4)15(11-20(13)24)5-6-16-18-8-7-17(14(2)23)21(18,3)10-9-19(16)22/h11,13-14,16-19,23H,5-10,12H2,1-4H3/t13?,14?,16-,17+,18-,19-,21+,22-/m0/s1. The van der Waals surface area contributed by atoms with Gasteiger partial charge in [0.15, 0.2) is 5.78 Å². The van der Waals surface area contributed by atoms with E-state index in [-0.39, 0.29) is 17.4 Å². The van der Waals surface area contributed by atoms with Crippen molar-refractivity contribution in [3.63, 3.8) is 0 Å². The van der Waals surface area contributed by atoms with Crippen LogP contribution in [-0.4, -0.2) is 17.0 Å². The molecule has 0 spiro atoms. The van der Waals surface area contributed by atoms with Gasteiger partial charge in [-0.3, -0.25) is 4.79 Å². The molecule has 2 nitrogen and oxygen atoms in total. The first-order valence-corrected chi connectivity index (χ1v) is 10.2. The average molecular weight is 331 g/mol. The van der Waals surface area contributed by atoms with Gasteiger partial charge < -0.3 is 5.11 Å². The Morgan fingerprint density at radius 3 is 2.62 bits per heavy atom. The minimum Gasteiger partial charge on any atom is -0.393 e. The highest BCUT2D eigenvalue weighted by Crippen LogP contribution is 2.67. The number of hydrogen-bond acceptors (Lipinski definition) is 2. The third-order valence-electron chi connectivity index (χ3n) is 8.92.